The number of hydrogen-bond donors (Lipinski definition) is 2. The second-order valence-corrected chi connectivity index (χ2v) is 6.69. The third-order valence-electron chi connectivity index (χ3n) is 5.12. The number of carbonyl (C=O) groups is 2. The first-order valence-corrected chi connectivity index (χ1v) is 7.64. The van der Waals surface area contributed by atoms with Crippen LogP contribution in [-0.4, -0.2) is 40.6 Å². The van der Waals surface area contributed by atoms with Gasteiger partial charge in [-0.3, -0.25) is 0 Å². The molecule has 2 aliphatic rings. The Hall–Kier alpha value is -1.26. The van der Waals surface area contributed by atoms with Gasteiger partial charge in [-0.05, 0) is 57.3 Å². The normalized spacial score (nSPS) is 31.4. The van der Waals surface area contributed by atoms with Crippen LogP contribution in [0.25, 0.3) is 0 Å². The van der Waals surface area contributed by atoms with Gasteiger partial charge in [0.1, 0.15) is 5.54 Å². The highest BCUT2D eigenvalue weighted by Crippen LogP contribution is 2.35. The summed E-state index contributed by atoms with van der Waals surface area (Å²) in [5, 5.41) is 12.3. The molecule has 2 amide bonds. The minimum absolute atomic E-state index is 0.184. The molecule has 5 heteroatoms. The first kappa shape index (κ1) is 15.1. The Bertz CT molecular complexity index is 385. The van der Waals surface area contributed by atoms with Gasteiger partial charge in [-0.25, -0.2) is 9.59 Å². The summed E-state index contributed by atoms with van der Waals surface area (Å²) in [7, 11) is 1.76. The Kier molecular flexibility index (Phi) is 4.25. The van der Waals surface area contributed by atoms with E-state index >= 15 is 0 Å². The van der Waals surface area contributed by atoms with Crippen LogP contribution >= 0.6 is 0 Å². The summed E-state index contributed by atoms with van der Waals surface area (Å²) in [6.07, 6.45) is 5.10. The molecular weight excluding hydrogens is 256 g/mol. The predicted molar refractivity (Wildman–Crippen MR) is 76.5 cm³/mol. The van der Waals surface area contributed by atoms with Gasteiger partial charge in [0.05, 0.1) is 0 Å². The Morgan fingerprint density at radius 2 is 1.80 bits per heavy atom. The van der Waals surface area contributed by atoms with Crippen molar-refractivity contribution >= 4 is 12.0 Å². The molecule has 0 aromatic rings. The number of rotatable bonds is 4. The SMILES string of the molecule is CC1CCC(NC(=O)N(C)C(C)C2CC2)(C(=O)O)CC1. The van der Waals surface area contributed by atoms with Crippen LogP contribution in [-0.2, 0) is 4.79 Å². The molecule has 0 heterocycles. The van der Waals surface area contributed by atoms with E-state index < -0.39 is 11.5 Å². The summed E-state index contributed by atoms with van der Waals surface area (Å²) in [5.41, 5.74) is -1.07. The summed E-state index contributed by atoms with van der Waals surface area (Å²) in [6, 6.07) is -0.0651. The van der Waals surface area contributed by atoms with E-state index in [1.54, 1.807) is 11.9 Å². The molecule has 0 radical (unpaired) electrons. The Morgan fingerprint density at radius 3 is 2.25 bits per heavy atom. The third-order valence-corrected chi connectivity index (χ3v) is 5.12. The molecule has 5 nitrogen and oxygen atoms in total. The first-order chi connectivity index (χ1) is 9.35. The van der Waals surface area contributed by atoms with Gasteiger partial charge in [-0.2, -0.15) is 0 Å². The largest absolute Gasteiger partial charge is 0.480 e. The van der Waals surface area contributed by atoms with Gasteiger partial charge in [-0.1, -0.05) is 6.92 Å². The summed E-state index contributed by atoms with van der Waals surface area (Å²) in [4.78, 5) is 25.6. The van der Waals surface area contributed by atoms with Crippen molar-refractivity contribution in [3.63, 3.8) is 0 Å². The van der Waals surface area contributed by atoms with Crippen molar-refractivity contribution < 1.29 is 14.7 Å². The van der Waals surface area contributed by atoms with E-state index in [9.17, 15) is 14.7 Å². The van der Waals surface area contributed by atoms with Crippen molar-refractivity contribution in [2.24, 2.45) is 11.8 Å². The molecule has 0 spiro atoms. The van der Waals surface area contributed by atoms with Gasteiger partial charge < -0.3 is 15.3 Å². The molecule has 0 aromatic carbocycles. The average Bonchev–Trinajstić information content (AvgIpc) is 3.24. The standard InChI is InChI=1S/C15H26N2O3/c1-10-6-8-15(9-7-10,13(18)19)16-14(20)17(3)11(2)12-4-5-12/h10-12H,4-9H2,1-3H3,(H,16,20)(H,18,19). The fourth-order valence-corrected chi connectivity index (χ4v) is 3.02. The van der Waals surface area contributed by atoms with E-state index in [0.29, 0.717) is 24.7 Å². The van der Waals surface area contributed by atoms with Crippen molar-refractivity contribution in [1.29, 1.82) is 0 Å². The molecule has 1 atom stereocenters. The second kappa shape index (κ2) is 5.62. The molecule has 20 heavy (non-hydrogen) atoms. The number of hydrogen-bond acceptors (Lipinski definition) is 2. The zero-order valence-electron chi connectivity index (χ0n) is 12.7. The lowest BCUT2D eigenvalue weighted by Gasteiger charge is -2.38. The van der Waals surface area contributed by atoms with Crippen molar-refractivity contribution in [1.82, 2.24) is 10.2 Å². The van der Waals surface area contributed by atoms with Crippen molar-refractivity contribution in [3.05, 3.63) is 0 Å². The zero-order valence-corrected chi connectivity index (χ0v) is 12.7. The number of carbonyl (C=O) groups excluding carboxylic acids is 1. The lowest BCUT2D eigenvalue weighted by molar-refractivity contribution is -0.146. The maximum absolute atomic E-state index is 12.3. The average molecular weight is 282 g/mol. The van der Waals surface area contributed by atoms with Crippen LogP contribution in [0.1, 0.15) is 52.4 Å². The van der Waals surface area contributed by atoms with Crippen LogP contribution in [0.3, 0.4) is 0 Å². The highest BCUT2D eigenvalue weighted by atomic mass is 16.4. The molecule has 114 valence electrons. The molecular formula is C15H26N2O3. The molecule has 1 unspecified atom stereocenters. The molecule has 0 saturated heterocycles. The number of aliphatic carboxylic acids is 1. The quantitative estimate of drug-likeness (QED) is 0.832. The number of carboxylic acid groups (broad SMARTS) is 1. The highest BCUT2D eigenvalue weighted by molar-refractivity contribution is 5.86. The number of amides is 2. The van der Waals surface area contributed by atoms with E-state index in [0.717, 1.165) is 12.8 Å². The monoisotopic (exact) mass is 282 g/mol. The maximum Gasteiger partial charge on any atom is 0.329 e. The Morgan fingerprint density at radius 1 is 1.25 bits per heavy atom. The third kappa shape index (κ3) is 3.07. The van der Waals surface area contributed by atoms with Crippen LogP contribution in [0.4, 0.5) is 4.79 Å². The lowest BCUT2D eigenvalue weighted by atomic mass is 9.77. The van der Waals surface area contributed by atoms with Gasteiger partial charge >= 0.3 is 12.0 Å². The molecule has 2 rings (SSSR count). The van der Waals surface area contributed by atoms with Gasteiger partial charge in [0.15, 0.2) is 0 Å². The molecule has 0 bridgehead atoms. The fourth-order valence-electron chi connectivity index (χ4n) is 3.02. The van der Waals surface area contributed by atoms with Crippen molar-refractivity contribution in [2.45, 2.75) is 64.0 Å². The van der Waals surface area contributed by atoms with Gasteiger partial charge in [0.25, 0.3) is 0 Å². The summed E-state index contributed by atoms with van der Waals surface area (Å²) < 4.78 is 0. The Balaban J connectivity index is 2.00. The van der Waals surface area contributed by atoms with Crippen LogP contribution in [0, 0.1) is 11.8 Å². The number of carboxylic acids is 1. The van der Waals surface area contributed by atoms with Gasteiger partial charge in [0, 0.05) is 13.1 Å². The van der Waals surface area contributed by atoms with E-state index in [4.69, 9.17) is 0 Å². The number of nitrogens with one attached hydrogen (secondary N) is 1. The maximum atomic E-state index is 12.3. The molecule has 0 aliphatic heterocycles. The Labute approximate surface area is 120 Å². The molecule has 2 N–H and O–H groups in total. The van der Waals surface area contributed by atoms with Crippen molar-refractivity contribution in [2.75, 3.05) is 7.05 Å². The van der Waals surface area contributed by atoms with Gasteiger partial charge in [0.2, 0.25) is 0 Å². The zero-order chi connectivity index (χ0) is 14.9. The van der Waals surface area contributed by atoms with Gasteiger partial charge in [-0.15, -0.1) is 0 Å². The fraction of sp³-hybridized carbons (Fsp3) is 0.867. The summed E-state index contributed by atoms with van der Waals surface area (Å²) >= 11 is 0. The van der Waals surface area contributed by atoms with Crippen LogP contribution in [0.15, 0.2) is 0 Å². The molecule has 2 aliphatic carbocycles. The highest BCUT2D eigenvalue weighted by Gasteiger charge is 2.44. The van der Waals surface area contributed by atoms with Crippen molar-refractivity contribution in [3.8, 4) is 0 Å². The minimum atomic E-state index is -1.07. The number of nitrogens with zero attached hydrogens (tertiary/aromatic N) is 1. The lowest BCUT2D eigenvalue weighted by Crippen LogP contribution is -2.59. The summed E-state index contributed by atoms with van der Waals surface area (Å²) in [5.74, 6) is 0.227. The van der Waals surface area contributed by atoms with Crippen LogP contribution < -0.4 is 5.32 Å². The topological polar surface area (TPSA) is 69.6 Å². The predicted octanol–water partition coefficient (Wildman–Crippen LogP) is 2.46. The summed E-state index contributed by atoms with van der Waals surface area (Å²) in [6.45, 7) is 4.17. The second-order valence-electron chi connectivity index (χ2n) is 6.69. The minimum Gasteiger partial charge on any atom is -0.480 e. The smallest absolute Gasteiger partial charge is 0.329 e. The van der Waals surface area contributed by atoms with E-state index in [1.807, 2.05) is 6.92 Å². The van der Waals surface area contributed by atoms with E-state index in [2.05, 4.69) is 12.2 Å². The first-order valence-electron chi connectivity index (χ1n) is 7.64. The van der Waals surface area contributed by atoms with Crippen LogP contribution in [0.5, 0.6) is 0 Å². The van der Waals surface area contributed by atoms with Crippen LogP contribution in [0.2, 0.25) is 0 Å². The molecule has 0 aromatic heterocycles. The molecule has 2 fully saturated rings. The number of urea groups is 1. The van der Waals surface area contributed by atoms with E-state index in [1.165, 1.54) is 12.8 Å². The molecule has 2 saturated carbocycles. The van der Waals surface area contributed by atoms with E-state index in [-0.39, 0.29) is 12.1 Å².